The van der Waals surface area contributed by atoms with E-state index in [0.717, 1.165) is 0 Å². The minimum atomic E-state index is -0.484. The normalized spacial score (nSPS) is 8.75. The molecule has 4 nitrogen and oxygen atoms in total. The molecule has 0 aliphatic rings. The molecular formula is C4H8O4. The van der Waals surface area contributed by atoms with Crippen molar-refractivity contribution in [2.24, 2.45) is 0 Å². The second kappa shape index (κ2) is 4.55. The molecule has 0 fully saturated rings. The quantitative estimate of drug-likeness (QED) is 0.229. The third-order valence-corrected chi connectivity index (χ3v) is 0.342. The van der Waals surface area contributed by atoms with Gasteiger partial charge in [-0.2, -0.15) is 4.89 Å². The summed E-state index contributed by atoms with van der Waals surface area (Å²) in [5.74, 6) is -0.484. The molecule has 8 heavy (non-hydrogen) atoms. The smallest absolute Gasteiger partial charge is 0.339 e. The van der Waals surface area contributed by atoms with Crippen molar-refractivity contribution in [3.8, 4) is 0 Å². The lowest BCUT2D eigenvalue weighted by Crippen LogP contribution is -2.02. The Balaban J connectivity index is 2.82. The maximum atomic E-state index is 9.92. The van der Waals surface area contributed by atoms with E-state index in [9.17, 15) is 4.79 Å². The van der Waals surface area contributed by atoms with Crippen molar-refractivity contribution in [3.05, 3.63) is 0 Å². The fourth-order valence-electron chi connectivity index (χ4n) is 0.155. The maximum Gasteiger partial charge on any atom is 0.339 e. The van der Waals surface area contributed by atoms with Crippen LogP contribution in [0.2, 0.25) is 0 Å². The van der Waals surface area contributed by atoms with E-state index in [0.29, 0.717) is 0 Å². The Morgan fingerprint density at radius 2 is 2.25 bits per heavy atom. The molecule has 0 unspecified atom stereocenters. The molecule has 4 heteroatoms. The molecule has 0 spiro atoms. The standard InChI is InChI=1S/C4H8O4/c1-4(5)8-7-3-6-2/h3H2,1-2H3. The third kappa shape index (κ3) is 5.39. The Labute approximate surface area is 47.3 Å². The monoisotopic (exact) mass is 120 g/mol. The van der Waals surface area contributed by atoms with E-state index in [1.165, 1.54) is 14.0 Å². The van der Waals surface area contributed by atoms with Gasteiger partial charge < -0.3 is 4.74 Å². The highest BCUT2D eigenvalue weighted by Gasteiger charge is 1.89. The minimum absolute atomic E-state index is 0.0282. The van der Waals surface area contributed by atoms with Crippen LogP contribution >= 0.6 is 0 Å². The van der Waals surface area contributed by atoms with Crippen LogP contribution in [0.15, 0.2) is 0 Å². The van der Waals surface area contributed by atoms with E-state index in [-0.39, 0.29) is 6.79 Å². The van der Waals surface area contributed by atoms with E-state index in [2.05, 4.69) is 14.5 Å². The summed E-state index contributed by atoms with van der Waals surface area (Å²) in [5, 5.41) is 0. The SMILES string of the molecule is COCOOC(C)=O. The van der Waals surface area contributed by atoms with Gasteiger partial charge in [-0.3, -0.25) is 4.89 Å². The molecule has 0 amide bonds. The van der Waals surface area contributed by atoms with Crippen LogP contribution in [0.5, 0.6) is 0 Å². The molecular weight excluding hydrogens is 112 g/mol. The van der Waals surface area contributed by atoms with Crippen LogP contribution in [0, 0.1) is 0 Å². The molecule has 0 bridgehead atoms. The van der Waals surface area contributed by atoms with E-state index < -0.39 is 5.97 Å². The van der Waals surface area contributed by atoms with Crippen molar-refractivity contribution in [1.29, 1.82) is 0 Å². The molecule has 0 rings (SSSR count). The van der Waals surface area contributed by atoms with Gasteiger partial charge in [-0.1, -0.05) is 0 Å². The predicted molar refractivity (Wildman–Crippen MR) is 24.7 cm³/mol. The highest BCUT2D eigenvalue weighted by atomic mass is 17.2. The zero-order valence-electron chi connectivity index (χ0n) is 4.84. The zero-order valence-corrected chi connectivity index (χ0v) is 4.84. The fourth-order valence-corrected chi connectivity index (χ4v) is 0.155. The zero-order chi connectivity index (χ0) is 6.41. The Morgan fingerprint density at radius 3 is 2.62 bits per heavy atom. The molecule has 0 aliphatic carbocycles. The third-order valence-electron chi connectivity index (χ3n) is 0.342. The molecule has 0 aromatic carbocycles. The van der Waals surface area contributed by atoms with Gasteiger partial charge in [0.2, 0.25) is 0 Å². The predicted octanol–water partition coefficient (Wildman–Crippen LogP) is 0.0850. The van der Waals surface area contributed by atoms with E-state index in [4.69, 9.17) is 0 Å². The van der Waals surface area contributed by atoms with Gasteiger partial charge in [0.25, 0.3) is 0 Å². The lowest BCUT2D eigenvalue weighted by Gasteiger charge is -1.96. The van der Waals surface area contributed by atoms with Gasteiger partial charge in [-0.25, -0.2) is 4.79 Å². The van der Waals surface area contributed by atoms with Crippen molar-refractivity contribution < 1.29 is 19.3 Å². The Kier molecular flexibility index (Phi) is 4.20. The number of ether oxygens (including phenoxy) is 1. The van der Waals surface area contributed by atoms with Crippen LogP contribution in [0.25, 0.3) is 0 Å². The van der Waals surface area contributed by atoms with Crippen LogP contribution in [-0.4, -0.2) is 19.9 Å². The van der Waals surface area contributed by atoms with Gasteiger partial charge >= 0.3 is 5.97 Å². The van der Waals surface area contributed by atoms with Gasteiger partial charge in [0.1, 0.15) is 0 Å². The molecule has 0 saturated carbocycles. The van der Waals surface area contributed by atoms with Gasteiger partial charge in [0.05, 0.1) is 0 Å². The van der Waals surface area contributed by atoms with E-state index in [1.54, 1.807) is 0 Å². The van der Waals surface area contributed by atoms with Crippen LogP contribution < -0.4 is 0 Å². The Morgan fingerprint density at radius 1 is 1.62 bits per heavy atom. The molecule has 0 aliphatic heterocycles. The second-order valence-electron chi connectivity index (χ2n) is 1.10. The first kappa shape index (κ1) is 7.39. The number of rotatable bonds is 3. The summed E-state index contributed by atoms with van der Waals surface area (Å²) >= 11 is 0. The molecule has 0 aromatic heterocycles. The Bertz CT molecular complexity index is 70.4. The largest absolute Gasteiger partial charge is 0.355 e. The summed E-state index contributed by atoms with van der Waals surface area (Å²) in [4.78, 5) is 18.1. The highest BCUT2D eigenvalue weighted by Crippen LogP contribution is 1.77. The summed E-state index contributed by atoms with van der Waals surface area (Å²) in [7, 11) is 1.43. The van der Waals surface area contributed by atoms with E-state index in [1.807, 2.05) is 0 Å². The summed E-state index contributed by atoms with van der Waals surface area (Å²) in [6.07, 6.45) is 0. The van der Waals surface area contributed by atoms with Crippen LogP contribution in [0.4, 0.5) is 0 Å². The summed E-state index contributed by atoms with van der Waals surface area (Å²) in [5.41, 5.74) is 0. The molecule has 0 aromatic rings. The second-order valence-corrected chi connectivity index (χ2v) is 1.10. The van der Waals surface area contributed by atoms with Crippen molar-refractivity contribution in [2.45, 2.75) is 6.92 Å². The van der Waals surface area contributed by atoms with Crippen molar-refractivity contribution in [1.82, 2.24) is 0 Å². The molecule has 0 radical (unpaired) electrons. The van der Waals surface area contributed by atoms with Gasteiger partial charge in [0, 0.05) is 14.0 Å². The first-order valence-electron chi connectivity index (χ1n) is 2.06. The van der Waals surface area contributed by atoms with Crippen molar-refractivity contribution >= 4 is 5.97 Å². The molecule has 0 N–H and O–H groups in total. The van der Waals surface area contributed by atoms with Gasteiger partial charge in [0.15, 0.2) is 6.79 Å². The van der Waals surface area contributed by atoms with Crippen LogP contribution in [-0.2, 0) is 19.3 Å². The first-order chi connectivity index (χ1) is 3.77. The van der Waals surface area contributed by atoms with Gasteiger partial charge in [-0.05, 0) is 0 Å². The Hall–Kier alpha value is -0.610. The molecule has 0 atom stereocenters. The first-order valence-corrected chi connectivity index (χ1v) is 2.06. The van der Waals surface area contributed by atoms with Gasteiger partial charge in [-0.15, -0.1) is 0 Å². The van der Waals surface area contributed by atoms with Crippen LogP contribution in [0.1, 0.15) is 6.92 Å². The number of methoxy groups -OCH3 is 1. The molecule has 0 saturated heterocycles. The fraction of sp³-hybridized carbons (Fsp3) is 0.750. The minimum Gasteiger partial charge on any atom is -0.355 e. The average molecular weight is 120 g/mol. The average Bonchev–Trinajstić information content (AvgIpc) is 1.66. The van der Waals surface area contributed by atoms with Crippen molar-refractivity contribution in [3.63, 3.8) is 0 Å². The highest BCUT2D eigenvalue weighted by molar-refractivity contribution is 5.65. The van der Waals surface area contributed by atoms with Crippen LogP contribution in [0.3, 0.4) is 0 Å². The number of hydrogen-bond donors (Lipinski definition) is 0. The van der Waals surface area contributed by atoms with E-state index >= 15 is 0 Å². The lowest BCUT2D eigenvalue weighted by atomic mass is 10.8. The summed E-state index contributed by atoms with van der Waals surface area (Å²) in [6, 6.07) is 0. The topological polar surface area (TPSA) is 44.8 Å². The number of carbonyl (C=O) groups is 1. The molecule has 0 heterocycles. The summed E-state index contributed by atoms with van der Waals surface area (Å²) in [6.45, 7) is 1.22. The number of carbonyl (C=O) groups excluding carboxylic acids is 1. The van der Waals surface area contributed by atoms with Crippen molar-refractivity contribution in [2.75, 3.05) is 13.9 Å². The number of hydrogen-bond acceptors (Lipinski definition) is 4. The lowest BCUT2D eigenvalue weighted by molar-refractivity contribution is -0.305. The molecule has 48 valence electrons. The summed E-state index contributed by atoms with van der Waals surface area (Å²) < 4.78 is 4.39. The maximum absolute atomic E-state index is 9.92.